The topological polar surface area (TPSA) is 40.5 Å². The van der Waals surface area contributed by atoms with E-state index in [4.69, 9.17) is 5.11 Å². The van der Waals surface area contributed by atoms with Crippen LogP contribution in [0.25, 0.3) is 0 Å². The molecule has 0 unspecified atom stereocenters. The van der Waals surface area contributed by atoms with Crippen LogP contribution in [-0.4, -0.2) is 35.1 Å². The lowest BCUT2D eigenvalue weighted by atomic mass is 10.1. The molecule has 0 bridgehead atoms. The second kappa shape index (κ2) is 5.87. The molecule has 2 saturated carbocycles. The van der Waals surface area contributed by atoms with E-state index in [1.165, 1.54) is 31.0 Å². The Morgan fingerprint density at radius 3 is 2.71 bits per heavy atom. The van der Waals surface area contributed by atoms with E-state index >= 15 is 0 Å². The third-order valence-electron chi connectivity index (χ3n) is 3.91. The average Bonchev–Trinajstić information content (AvgIpc) is 3.36. The highest BCUT2D eigenvalue weighted by molar-refractivity contribution is 5.97. The van der Waals surface area contributed by atoms with Crippen molar-refractivity contribution in [2.45, 2.75) is 31.7 Å². The molecule has 1 N–H and O–H groups in total. The van der Waals surface area contributed by atoms with Gasteiger partial charge in [0.15, 0.2) is 0 Å². The van der Waals surface area contributed by atoms with Crippen molar-refractivity contribution in [3.8, 4) is 11.8 Å². The van der Waals surface area contributed by atoms with Crippen LogP contribution in [-0.2, 0) is 0 Å². The molecule has 2 aliphatic carbocycles. The lowest BCUT2D eigenvalue weighted by Gasteiger charge is -2.23. The quantitative estimate of drug-likeness (QED) is 0.862. The molecular weight excluding hydrogens is 269 g/mol. The average molecular weight is 287 g/mol. The van der Waals surface area contributed by atoms with Crippen molar-refractivity contribution in [2.75, 3.05) is 13.2 Å². The van der Waals surface area contributed by atoms with Gasteiger partial charge in [-0.05, 0) is 49.8 Å². The first-order valence-electron chi connectivity index (χ1n) is 7.39. The van der Waals surface area contributed by atoms with Crippen molar-refractivity contribution in [3.05, 3.63) is 35.1 Å². The van der Waals surface area contributed by atoms with Crippen molar-refractivity contribution < 1.29 is 14.3 Å². The maximum absolute atomic E-state index is 13.5. The highest BCUT2D eigenvalue weighted by Crippen LogP contribution is 2.35. The number of rotatable bonds is 4. The molecule has 3 nitrogen and oxygen atoms in total. The zero-order valence-corrected chi connectivity index (χ0v) is 11.8. The fourth-order valence-corrected chi connectivity index (χ4v) is 2.45. The van der Waals surface area contributed by atoms with Crippen molar-refractivity contribution >= 4 is 5.91 Å². The molecule has 4 heteroatoms. The lowest BCUT2D eigenvalue weighted by molar-refractivity contribution is 0.0734. The van der Waals surface area contributed by atoms with E-state index < -0.39 is 5.82 Å². The molecule has 0 aromatic heterocycles. The molecule has 2 fully saturated rings. The van der Waals surface area contributed by atoms with Gasteiger partial charge in [-0.15, -0.1) is 0 Å². The van der Waals surface area contributed by atoms with Gasteiger partial charge in [0.2, 0.25) is 0 Å². The standard InChI is InChI=1S/C17H18FNO2/c18-14-6-5-13(2-1-9-20)16(10-14)17(21)19(15-7-8-15)11-12-3-4-12/h5-6,10,12,15,20H,3-4,7-9,11H2. The Kier molecular flexibility index (Phi) is 3.94. The highest BCUT2D eigenvalue weighted by atomic mass is 19.1. The van der Waals surface area contributed by atoms with Gasteiger partial charge in [0.05, 0.1) is 5.56 Å². The molecule has 3 rings (SSSR count). The van der Waals surface area contributed by atoms with Crippen LogP contribution in [0.4, 0.5) is 4.39 Å². The number of nitrogens with zero attached hydrogens (tertiary/aromatic N) is 1. The van der Waals surface area contributed by atoms with Crippen molar-refractivity contribution in [1.82, 2.24) is 4.90 Å². The molecule has 1 aromatic carbocycles. The van der Waals surface area contributed by atoms with Gasteiger partial charge in [0.25, 0.3) is 5.91 Å². The van der Waals surface area contributed by atoms with E-state index in [1.807, 2.05) is 4.90 Å². The van der Waals surface area contributed by atoms with Gasteiger partial charge < -0.3 is 10.0 Å². The predicted molar refractivity (Wildman–Crippen MR) is 77.1 cm³/mol. The van der Waals surface area contributed by atoms with Crippen molar-refractivity contribution in [3.63, 3.8) is 0 Å². The summed E-state index contributed by atoms with van der Waals surface area (Å²) in [5.41, 5.74) is 0.792. The van der Waals surface area contributed by atoms with Gasteiger partial charge in [0.1, 0.15) is 12.4 Å². The number of hydrogen-bond donors (Lipinski definition) is 1. The van der Waals surface area contributed by atoms with E-state index in [-0.39, 0.29) is 12.5 Å². The molecule has 0 heterocycles. The highest BCUT2D eigenvalue weighted by Gasteiger charge is 2.37. The number of halogens is 1. The minimum absolute atomic E-state index is 0.133. The van der Waals surface area contributed by atoms with Crippen LogP contribution in [0.3, 0.4) is 0 Å². The van der Waals surface area contributed by atoms with E-state index in [1.54, 1.807) is 0 Å². The number of aliphatic hydroxyl groups excluding tert-OH is 1. The fourth-order valence-electron chi connectivity index (χ4n) is 2.45. The summed E-state index contributed by atoms with van der Waals surface area (Å²) in [4.78, 5) is 14.6. The first kappa shape index (κ1) is 14.1. The Hall–Kier alpha value is -1.86. The van der Waals surface area contributed by atoms with Gasteiger partial charge in [-0.1, -0.05) is 11.8 Å². The molecular formula is C17H18FNO2. The number of carbonyl (C=O) groups excluding carboxylic acids is 1. The molecule has 0 spiro atoms. The second-order valence-electron chi connectivity index (χ2n) is 5.78. The normalized spacial score (nSPS) is 17.0. The third-order valence-corrected chi connectivity index (χ3v) is 3.91. The van der Waals surface area contributed by atoms with Crippen LogP contribution in [0.15, 0.2) is 18.2 Å². The Morgan fingerprint density at radius 1 is 1.33 bits per heavy atom. The SMILES string of the molecule is O=C(c1cc(F)ccc1C#CCO)N(CC1CC1)C1CC1. The molecule has 0 saturated heterocycles. The van der Waals surface area contributed by atoms with Gasteiger partial charge in [-0.3, -0.25) is 4.79 Å². The molecule has 0 radical (unpaired) electrons. The minimum Gasteiger partial charge on any atom is -0.384 e. The molecule has 110 valence electrons. The van der Waals surface area contributed by atoms with E-state index in [0.717, 1.165) is 19.4 Å². The summed E-state index contributed by atoms with van der Waals surface area (Å²) in [7, 11) is 0. The Bertz CT molecular complexity index is 609. The zero-order chi connectivity index (χ0) is 14.8. The second-order valence-corrected chi connectivity index (χ2v) is 5.78. The van der Waals surface area contributed by atoms with Gasteiger partial charge in [-0.25, -0.2) is 4.39 Å². The number of carbonyl (C=O) groups is 1. The van der Waals surface area contributed by atoms with Gasteiger partial charge >= 0.3 is 0 Å². The Balaban J connectivity index is 1.89. The molecule has 1 aromatic rings. The zero-order valence-electron chi connectivity index (χ0n) is 11.8. The maximum Gasteiger partial charge on any atom is 0.255 e. The van der Waals surface area contributed by atoms with Crippen molar-refractivity contribution in [2.24, 2.45) is 5.92 Å². The number of aliphatic hydroxyl groups is 1. The molecule has 0 atom stereocenters. The summed E-state index contributed by atoms with van der Waals surface area (Å²) < 4.78 is 13.5. The number of benzene rings is 1. The molecule has 1 amide bonds. The maximum atomic E-state index is 13.5. The van der Waals surface area contributed by atoms with Crippen LogP contribution < -0.4 is 0 Å². The minimum atomic E-state index is -0.435. The largest absolute Gasteiger partial charge is 0.384 e. The summed E-state index contributed by atoms with van der Waals surface area (Å²) >= 11 is 0. The van der Waals surface area contributed by atoms with Crippen LogP contribution in [0.5, 0.6) is 0 Å². The number of hydrogen-bond acceptors (Lipinski definition) is 2. The summed E-state index contributed by atoms with van der Waals surface area (Å²) in [6.07, 6.45) is 4.42. The number of amides is 1. The molecule has 21 heavy (non-hydrogen) atoms. The predicted octanol–water partition coefficient (Wildman–Crippen LogP) is 2.18. The third kappa shape index (κ3) is 3.43. The van der Waals surface area contributed by atoms with Gasteiger partial charge in [-0.2, -0.15) is 0 Å². The van der Waals surface area contributed by atoms with E-state index in [9.17, 15) is 9.18 Å². The first-order chi connectivity index (χ1) is 10.2. The van der Waals surface area contributed by atoms with Crippen LogP contribution in [0, 0.1) is 23.6 Å². The van der Waals surface area contributed by atoms with Crippen LogP contribution in [0.1, 0.15) is 41.6 Å². The summed E-state index contributed by atoms with van der Waals surface area (Å²) in [6, 6.07) is 4.36. The molecule has 0 aliphatic heterocycles. The van der Waals surface area contributed by atoms with Crippen LogP contribution in [0.2, 0.25) is 0 Å². The lowest BCUT2D eigenvalue weighted by Crippen LogP contribution is -2.35. The smallest absolute Gasteiger partial charge is 0.255 e. The van der Waals surface area contributed by atoms with E-state index in [2.05, 4.69) is 11.8 Å². The first-order valence-corrected chi connectivity index (χ1v) is 7.39. The fraction of sp³-hybridized carbons (Fsp3) is 0.471. The van der Waals surface area contributed by atoms with E-state index in [0.29, 0.717) is 23.1 Å². The summed E-state index contributed by atoms with van der Waals surface area (Å²) in [5.74, 6) is 5.31. The summed E-state index contributed by atoms with van der Waals surface area (Å²) in [6.45, 7) is 0.492. The Morgan fingerprint density at radius 2 is 2.10 bits per heavy atom. The van der Waals surface area contributed by atoms with Crippen molar-refractivity contribution in [1.29, 1.82) is 0 Å². The monoisotopic (exact) mass is 287 g/mol. The van der Waals surface area contributed by atoms with Crippen LogP contribution >= 0.6 is 0 Å². The Labute approximate surface area is 123 Å². The molecule has 2 aliphatic rings. The van der Waals surface area contributed by atoms with Gasteiger partial charge in [0, 0.05) is 18.2 Å². The summed E-state index contributed by atoms with van der Waals surface area (Å²) in [5, 5.41) is 8.80.